The normalized spacial score (nSPS) is 29.4. The van der Waals surface area contributed by atoms with E-state index in [0.717, 1.165) is 36.0 Å². The molecule has 5 atom stereocenters. The first kappa shape index (κ1) is 37.6. The molecule has 2 aliphatic carbocycles. The average molecular weight is 741 g/mol. The fourth-order valence-corrected chi connectivity index (χ4v) is 9.06. The fourth-order valence-electron chi connectivity index (χ4n) is 7.70. The maximum absolute atomic E-state index is 14.5. The van der Waals surface area contributed by atoms with E-state index in [1.54, 1.807) is 25.7 Å². The van der Waals surface area contributed by atoms with Crippen molar-refractivity contribution < 1.29 is 37.1 Å². The predicted octanol–water partition coefficient (Wildman–Crippen LogP) is 3.00. The van der Waals surface area contributed by atoms with E-state index in [9.17, 15) is 32.4 Å². The Bertz CT molecular complexity index is 1770. The molecule has 1 aromatic rings. The molecule has 4 bridgehead atoms. The molecule has 1 aromatic carbocycles. The maximum atomic E-state index is 14.5. The molecule has 5 aliphatic rings. The molecule has 3 heterocycles. The van der Waals surface area contributed by atoms with Crippen LogP contribution in [0.4, 0.5) is 9.59 Å². The molecule has 0 spiro atoms. The van der Waals surface area contributed by atoms with Crippen LogP contribution in [0.1, 0.15) is 96.3 Å². The van der Waals surface area contributed by atoms with Crippen molar-refractivity contribution in [1.29, 1.82) is 0 Å². The lowest BCUT2D eigenvalue weighted by Crippen LogP contribution is -2.62. The van der Waals surface area contributed by atoms with Gasteiger partial charge in [0.25, 0.3) is 5.91 Å². The summed E-state index contributed by atoms with van der Waals surface area (Å²) in [6, 6.07) is 3.27. The van der Waals surface area contributed by atoms with Gasteiger partial charge in [-0.25, -0.2) is 18.0 Å². The number of nitrogens with zero attached hydrogens (tertiary/aromatic N) is 2. The number of fused-ring (bicyclic) bond motifs is 3. The minimum Gasteiger partial charge on any atom is -0.444 e. The summed E-state index contributed by atoms with van der Waals surface area (Å²) >= 11 is 0. The minimum absolute atomic E-state index is 0.0672. The number of hydrogen-bond donors (Lipinski definition) is 4. The van der Waals surface area contributed by atoms with Gasteiger partial charge in [-0.15, -0.1) is 6.58 Å². The van der Waals surface area contributed by atoms with Crippen molar-refractivity contribution in [2.24, 2.45) is 11.3 Å². The molecule has 52 heavy (non-hydrogen) atoms. The molecule has 1 saturated heterocycles. The first-order valence-electron chi connectivity index (χ1n) is 18.3. The Morgan fingerprint density at radius 3 is 2.44 bits per heavy atom. The van der Waals surface area contributed by atoms with E-state index in [0.29, 0.717) is 32.4 Å². The number of hydrogen-bond acceptors (Lipinski definition) is 8. The van der Waals surface area contributed by atoms with Gasteiger partial charge in [-0.2, -0.15) is 0 Å². The van der Waals surface area contributed by atoms with Crippen LogP contribution >= 0.6 is 0 Å². The number of benzene rings is 1. The van der Waals surface area contributed by atoms with Crippen LogP contribution in [0.3, 0.4) is 0 Å². The van der Waals surface area contributed by atoms with Gasteiger partial charge in [-0.1, -0.05) is 51.5 Å². The fraction of sp³-hybridized carbons (Fsp3) is 0.649. The Morgan fingerprint density at radius 1 is 1.08 bits per heavy atom. The van der Waals surface area contributed by atoms with Crippen molar-refractivity contribution in [3.05, 3.63) is 47.5 Å². The SMILES string of the molecule is C=C[C@H]1C[C@]1(NC(=O)[C@@H]1C[C@@H]2CN1C(=O)[C@H](C(C)(C)C)NC(=O)NC(C)(C)CCCCc1cccc3c1CN(C3)C(=O)O2)C(=O)NS(=O)(=O)C1CC1. The lowest BCUT2D eigenvalue weighted by atomic mass is 9.85. The van der Waals surface area contributed by atoms with Crippen molar-refractivity contribution in [1.82, 2.24) is 30.5 Å². The second-order valence-electron chi connectivity index (χ2n) is 16.8. The summed E-state index contributed by atoms with van der Waals surface area (Å²) in [5.41, 5.74) is 0.358. The number of nitrogens with one attached hydrogen (secondary N) is 4. The Kier molecular flexibility index (Phi) is 9.90. The third-order valence-electron chi connectivity index (χ3n) is 11.0. The van der Waals surface area contributed by atoms with Crippen molar-refractivity contribution >= 4 is 39.9 Å². The standard InChI is InChI=1S/C37H52N6O8S/c1-7-24-18-37(24,32(46)41-52(49,50)26-14-15-26)39-30(44)28-17-25-20-43(28)31(45)29(35(2,3)4)38-33(47)40-36(5,6)16-9-8-11-22-12-10-13-23-19-42(21-27(22)23)34(48)51-25/h7,10,12-13,24-26,28-29H,1,8-9,11,14-21H2,2-6H3,(H,39,44)(H,41,46)(H2,38,40,47)/t24-,25+,28-,29+,37+/m0/s1. The smallest absolute Gasteiger partial charge is 0.410 e. The first-order valence-corrected chi connectivity index (χ1v) is 19.8. The van der Waals surface area contributed by atoms with Gasteiger partial charge in [-0.3, -0.25) is 24.0 Å². The van der Waals surface area contributed by atoms with E-state index in [-0.39, 0.29) is 19.4 Å². The van der Waals surface area contributed by atoms with Gasteiger partial charge in [0.15, 0.2) is 0 Å². The van der Waals surface area contributed by atoms with E-state index in [4.69, 9.17) is 4.74 Å². The van der Waals surface area contributed by atoms with Crippen molar-refractivity contribution in [2.75, 3.05) is 6.54 Å². The number of sulfonamides is 1. The Hall–Kier alpha value is -4.14. The third kappa shape index (κ3) is 7.79. The maximum Gasteiger partial charge on any atom is 0.410 e. The van der Waals surface area contributed by atoms with E-state index < -0.39 is 85.7 Å². The largest absolute Gasteiger partial charge is 0.444 e. The zero-order valence-electron chi connectivity index (χ0n) is 30.8. The van der Waals surface area contributed by atoms with Gasteiger partial charge >= 0.3 is 12.1 Å². The number of amides is 6. The van der Waals surface area contributed by atoms with E-state index >= 15 is 0 Å². The van der Waals surface area contributed by atoms with Crippen LogP contribution in [0, 0.1) is 11.3 Å². The molecule has 3 fully saturated rings. The quantitative estimate of drug-likeness (QED) is 0.321. The van der Waals surface area contributed by atoms with Crippen LogP contribution in [-0.2, 0) is 48.7 Å². The summed E-state index contributed by atoms with van der Waals surface area (Å²) in [4.78, 5) is 72.2. The lowest BCUT2D eigenvalue weighted by molar-refractivity contribution is -0.142. The van der Waals surface area contributed by atoms with Gasteiger partial charge in [0.2, 0.25) is 21.8 Å². The molecule has 2 saturated carbocycles. The number of urea groups is 1. The summed E-state index contributed by atoms with van der Waals surface area (Å²) in [5.74, 6) is -2.64. The van der Waals surface area contributed by atoms with Crippen LogP contribution in [0.25, 0.3) is 0 Å². The van der Waals surface area contributed by atoms with E-state index in [1.807, 2.05) is 26.0 Å². The summed E-state index contributed by atoms with van der Waals surface area (Å²) < 4.78 is 33.5. The van der Waals surface area contributed by atoms with Crippen LogP contribution in [0.5, 0.6) is 0 Å². The topological polar surface area (TPSA) is 183 Å². The molecular weight excluding hydrogens is 689 g/mol. The minimum atomic E-state index is -3.90. The highest BCUT2D eigenvalue weighted by molar-refractivity contribution is 7.91. The summed E-state index contributed by atoms with van der Waals surface area (Å²) in [6.07, 6.45) is 4.27. The molecule has 4 N–H and O–H groups in total. The lowest BCUT2D eigenvalue weighted by Gasteiger charge is -2.36. The Morgan fingerprint density at radius 2 is 1.79 bits per heavy atom. The zero-order valence-corrected chi connectivity index (χ0v) is 31.6. The zero-order chi connectivity index (χ0) is 37.8. The van der Waals surface area contributed by atoms with Gasteiger partial charge in [-0.05, 0) is 74.5 Å². The van der Waals surface area contributed by atoms with Crippen LogP contribution in [-0.4, -0.2) is 89.1 Å². The Balaban J connectivity index is 1.29. The molecule has 0 radical (unpaired) electrons. The van der Waals surface area contributed by atoms with Crippen LogP contribution < -0.4 is 20.7 Å². The molecule has 3 aliphatic heterocycles. The molecule has 284 valence electrons. The van der Waals surface area contributed by atoms with Crippen LogP contribution in [0.2, 0.25) is 0 Å². The van der Waals surface area contributed by atoms with Crippen molar-refractivity contribution in [3.8, 4) is 0 Å². The van der Waals surface area contributed by atoms with E-state index in [2.05, 4.69) is 33.3 Å². The number of aryl methyl sites for hydroxylation is 1. The van der Waals surface area contributed by atoms with E-state index in [1.165, 1.54) is 11.0 Å². The number of ether oxygens (including phenoxy) is 1. The second kappa shape index (κ2) is 13.7. The molecule has 6 amide bonds. The molecule has 15 heteroatoms. The van der Waals surface area contributed by atoms with Gasteiger partial charge in [0.05, 0.1) is 11.8 Å². The molecular formula is C37H52N6O8S. The second-order valence-corrected chi connectivity index (χ2v) is 18.8. The summed E-state index contributed by atoms with van der Waals surface area (Å²) in [5, 5.41) is 8.00. The number of carbonyl (C=O) groups is 5. The first-order chi connectivity index (χ1) is 24.3. The highest BCUT2D eigenvalue weighted by Gasteiger charge is 2.62. The average Bonchev–Trinajstić information content (AvgIpc) is 3.94. The van der Waals surface area contributed by atoms with Gasteiger partial charge < -0.3 is 25.6 Å². The molecule has 0 unspecified atom stereocenters. The summed E-state index contributed by atoms with van der Waals surface area (Å²) in [7, 11) is -3.90. The van der Waals surface area contributed by atoms with Crippen molar-refractivity contribution in [2.45, 2.75) is 134 Å². The molecule has 14 nitrogen and oxygen atoms in total. The third-order valence-corrected chi connectivity index (χ3v) is 12.9. The Labute approximate surface area is 305 Å². The van der Waals surface area contributed by atoms with Gasteiger partial charge in [0.1, 0.15) is 23.7 Å². The molecule has 6 rings (SSSR count). The molecule has 0 aromatic heterocycles. The monoisotopic (exact) mass is 740 g/mol. The number of carbonyl (C=O) groups excluding carboxylic acids is 5. The summed E-state index contributed by atoms with van der Waals surface area (Å²) in [6.45, 7) is 13.7. The number of rotatable bonds is 6. The highest BCUT2D eigenvalue weighted by atomic mass is 32.2. The van der Waals surface area contributed by atoms with Crippen LogP contribution in [0.15, 0.2) is 30.9 Å². The van der Waals surface area contributed by atoms with Gasteiger partial charge in [0, 0.05) is 31.0 Å². The predicted molar refractivity (Wildman–Crippen MR) is 192 cm³/mol. The van der Waals surface area contributed by atoms with Crippen molar-refractivity contribution in [3.63, 3.8) is 0 Å². The highest BCUT2D eigenvalue weighted by Crippen LogP contribution is 2.45.